The zero-order valence-electron chi connectivity index (χ0n) is 17.2. The lowest BCUT2D eigenvalue weighted by atomic mass is 10.1. The SMILES string of the molecule is O=C(NCCNc1ccc(Nc2ccncc2)nn1)[C@H]1CC(=O)N(c2cccc(Br)c2)C1. The van der Waals surface area contributed by atoms with Crippen molar-refractivity contribution < 1.29 is 9.59 Å². The average molecular weight is 496 g/mol. The summed E-state index contributed by atoms with van der Waals surface area (Å²) in [5.41, 5.74) is 1.67. The molecule has 0 bridgehead atoms. The number of hydrogen-bond donors (Lipinski definition) is 3. The van der Waals surface area contributed by atoms with Gasteiger partial charge in [-0.1, -0.05) is 22.0 Å². The molecule has 2 aromatic heterocycles. The number of benzene rings is 1. The lowest BCUT2D eigenvalue weighted by molar-refractivity contribution is -0.126. The van der Waals surface area contributed by atoms with Gasteiger partial charge in [0, 0.05) is 54.3 Å². The van der Waals surface area contributed by atoms with E-state index in [2.05, 4.69) is 47.1 Å². The van der Waals surface area contributed by atoms with Crippen LogP contribution in [0, 0.1) is 5.92 Å². The van der Waals surface area contributed by atoms with Crippen LogP contribution in [0.4, 0.5) is 23.0 Å². The van der Waals surface area contributed by atoms with E-state index in [9.17, 15) is 9.59 Å². The highest BCUT2D eigenvalue weighted by Gasteiger charge is 2.34. The molecule has 3 heterocycles. The van der Waals surface area contributed by atoms with E-state index in [4.69, 9.17) is 0 Å². The van der Waals surface area contributed by atoms with Gasteiger partial charge in [-0.3, -0.25) is 14.6 Å². The van der Waals surface area contributed by atoms with E-state index in [0.717, 1.165) is 15.8 Å². The summed E-state index contributed by atoms with van der Waals surface area (Å²) in [6, 6.07) is 14.8. The highest BCUT2D eigenvalue weighted by Crippen LogP contribution is 2.27. The Bertz CT molecular complexity index is 1080. The molecule has 2 amide bonds. The molecule has 10 heteroatoms. The van der Waals surface area contributed by atoms with E-state index >= 15 is 0 Å². The first-order valence-electron chi connectivity index (χ1n) is 10.2. The summed E-state index contributed by atoms with van der Waals surface area (Å²) in [6.07, 6.45) is 3.60. The summed E-state index contributed by atoms with van der Waals surface area (Å²) in [5, 5.41) is 17.4. The van der Waals surface area contributed by atoms with E-state index < -0.39 is 0 Å². The van der Waals surface area contributed by atoms with Crippen LogP contribution >= 0.6 is 15.9 Å². The fraction of sp³-hybridized carbons (Fsp3) is 0.227. The maximum absolute atomic E-state index is 12.5. The first kappa shape index (κ1) is 21.7. The highest BCUT2D eigenvalue weighted by molar-refractivity contribution is 9.10. The first-order valence-corrected chi connectivity index (χ1v) is 11.0. The van der Waals surface area contributed by atoms with Crippen LogP contribution in [0.2, 0.25) is 0 Å². The average Bonchev–Trinajstić information content (AvgIpc) is 3.20. The molecule has 3 aromatic rings. The van der Waals surface area contributed by atoms with E-state index in [-0.39, 0.29) is 24.2 Å². The molecule has 3 N–H and O–H groups in total. The summed E-state index contributed by atoms with van der Waals surface area (Å²) in [6.45, 7) is 1.29. The van der Waals surface area contributed by atoms with Crippen molar-refractivity contribution in [3.63, 3.8) is 0 Å². The van der Waals surface area contributed by atoms with Crippen molar-refractivity contribution >= 4 is 50.8 Å². The largest absolute Gasteiger partial charge is 0.367 e. The number of halogens is 1. The molecule has 1 atom stereocenters. The van der Waals surface area contributed by atoms with Crippen LogP contribution in [0.3, 0.4) is 0 Å². The minimum Gasteiger partial charge on any atom is -0.367 e. The monoisotopic (exact) mass is 495 g/mol. The molecule has 4 rings (SSSR count). The van der Waals surface area contributed by atoms with Gasteiger partial charge in [-0.25, -0.2) is 0 Å². The van der Waals surface area contributed by atoms with E-state index in [1.807, 2.05) is 48.5 Å². The third kappa shape index (κ3) is 5.58. The zero-order chi connectivity index (χ0) is 22.3. The molecule has 1 saturated heterocycles. The van der Waals surface area contributed by atoms with Gasteiger partial charge in [-0.15, -0.1) is 10.2 Å². The van der Waals surface area contributed by atoms with Crippen molar-refractivity contribution in [2.75, 3.05) is 35.2 Å². The summed E-state index contributed by atoms with van der Waals surface area (Å²) in [4.78, 5) is 30.5. The van der Waals surface area contributed by atoms with Gasteiger partial charge in [0.1, 0.15) is 5.82 Å². The van der Waals surface area contributed by atoms with E-state index in [1.165, 1.54) is 0 Å². The first-order chi connectivity index (χ1) is 15.6. The number of carbonyl (C=O) groups is 2. The molecule has 1 aliphatic heterocycles. The smallest absolute Gasteiger partial charge is 0.227 e. The van der Waals surface area contributed by atoms with Gasteiger partial charge < -0.3 is 20.9 Å². The Labute approximate surface area is 193 Å². The summed E-state index contributed by atoms with van der Waals surface area (Å²) in [7, 11) is 0. The van der Waals surface area contributed by atoms with Crippen molar-refractivity contribution in [3.05, 3.63) is 65.4 Å². The maximum atomic E-state index is 12.5. The number of aromatic nitrogens is 3. The minimum absolute atomic E-state index is 0.0443. The third-order valence-corrected chi connectivity index (χ3v) is 5.46. The third-order valence-electron chi connectivity index (χ3n) is 4.96. The van der Waals surface area contributed by atoms with Crippen molar-refractivity contribution in [1.29, 1.82) is 0 Å². The number of hydrogen-bond acceptors (Lipinski definition) is 7. The lowest BCUT2D eigenvalue weighted by Gasteiger charge is -2.17. The van der Waals surface area contributed by atoms with Crippen molar-refractivity contribution in [1.82, 2.24) is 20.5 Å². The van der Waals surface area contributed by atoms with Gasteiger partial charge in [-0.2, -0.15) is 0 Å². The van der Waals surface area contributed by atoms with Gasteiger partial charge in [0.05, 0.1) is 5.92 Å². The van der Waals surface area contributed by atoms with Gasteiger partial charge in [0.25, 0.3) is 0 Å². The minimum atomic E-state index is -0.361. The normalized spacial score (nSPS) is 15.5. The molecule has 0 spiro atoms. The van der Waals surface area contributed by atoms with Crippen LogP contribution in [0.15, 0.2) is 65.4 Å². The Morgan fingerprint density at radius 2 is 1.84 bits per heavy atom. The molecule has 0 aliphatic carbocycles. The molecular weight excluding hydrogens is 474 g/mol. The molecule has 1 fully saturated rings. The van der Waals surface area contributed by atoms with E-state index in [1.54, 1.807) is 17.3 Å². The Morgan fingerprint density at radius 3 is 2.59 bits per heavy atom. The molecule has 32 heavy (non-hydrogen) atoms. The Kier molecular flexibility index (Phi) is 6.90. The fourth-order valence-corrected chi connectivity index (χ4v) is 3.76. The Morgan fingerprint density at radius 1 is 1.06 bits per heavy atom. The predicted molar refractivity (Wildman–Crippen MR) is 126 cm³/mol. The molecule has 164 valence electrons. The standard InChI is InChI=1S/C22H22BrN7O2/c23-16-2-1-3-18(13-16)30-14-15(12-21(30)31)22(32)26-11-10-25-19-4-5-20(29-28-19)27-17-6-8-24-9-7-17/h1-9,13,15H,10-12,14H2,(H,25,28)(H,26,32)(H,24,27,29)/t15-/m0/s1. The van der Waals surface area contributed by atoms with Gasteiger partial charge in [-0.05, 0) is 42.5 Å². The molecular formula is C22H22BrN7O2. The number of nitrogens with one attached hydrogen (secondary N) is 3. The van der Waals surface area contributed by atoms with Crippen molar-refractivity contribution in [2.45, 2.75) is 6.42 Å². The van der Waals surface area contributed by atoms with Crippen LogP contribution in [0.1, 0.15) is 6.42 Å². The van der Waals surface area contributed by atoms with Crippen molar-refractivity contribution in [2.24, 2.45) is 5.92 Å². The second-order valence-corrected chi connectivity index (χ2v) is 8.18. The molecule has 1 aromatic carbocycles. The van der Waals surface area contributed by atoms with Crippen LogP contribution in [-0.2, 0) is 9.59 Å². The Hall–Kier alpha value is -3.53. The molecule has 0 radical (unpaired) electrons. The lowest BCUT2D eigenvalue weighted by Crippen LogP contribution is -2.35. The number of rotatable bonds is 8. The number of nitrogens with zero attached hydrogens (tertiary/aromatic N) is 4. The second kappa shape index (κ2) is 10.2. The molecule has 0 unspecified atom stereocenters. The summed E-state index contributed by atoms with van der Waals surface area (Å²) < 4.78 is 0.894. The van der Waals surface area contributed by atoms with E-state index in [0.29, 0.717) is 31.3 Å². The predicted octanol–water partition coefficient (Wildman–Crippen LogP) is 2.96. The number of anilines is 4. The van der Waals surface area contributed by atoms with Gasteiger partial charge in [0.15, 0.2) is 5.82 Å². The summed E-state index contributed by atoms with van der Waals surface area (Å²) >= 11 is 3.41. The Balaban J connectivity index is 1.20. The van der Waals surface area contributed by atoms with Crippen LogP contribution in [0.25, 0.3) is 0 Å². The van der Waals surface area contributed by atoms with Crippen LogP contribution in [0.5, 0.6) is 0 Å². The van der Waals surface area contributed by atoms with Gasteiger partial charge in [0.2, 0.25) is 11.8 Å². The van der Waals surface area contributed by atoms with Crippen LogP contribution < -0.4 is 20.9 Å². The maximum Gasteiger partial charge on any atom is 0.227 e. The van der Waals surface area contributed by atoms with Crippen molar-refractivity contribution in [3.8, 4) is 0 Å². The number of carbonyl (C=O) groups excluding carboxylic acids is 2. The number of amides is 2. The zero-order valence-corrected chi connectivity index (χ0v) is 18.7. The fourth-order valence-electron chi connectivity index (χ4n) is 3.37. The highest BCUT2D eigenvalue weighted by atomic mass is 79.9. The second-order valence-electron chi connectivity index (χ2n) is 7.27. The van der Waals surface area contributed by atoms with Gasteiger partial charge >= 0.3 is 0 Å². The quantitative estimate of drug-likeness (QED) is 0.411. The summed E-state index contributed by atoms with van der Waals surface area (Å²) in [5.74, 6) is 0.699. The van der Waals surface area contributed by atoms with Crippen LogP contribution in [-0.4, -0.2) is 46.6 Å². The molecule has 1 aliphatic rings. The number of pyridine rings is 1. The topological polar surface area (TPSA) is 112 Å². The molecule has 9 nitrogen and oxygen atoms in total. The molecule has 0 saturated carbocycles.